The van der Waals surface area contributed by atoms with Crippen LogP contribution in [0.4, 0.5) is 8.78 Å². The zero-order chi connectivity index (χ0) is 22.7. The van der Waals surface area contributed by atoms with Crippen molar-refractivity contribution in [3.05, 3.63) is 85.5 Å². The van der Waals surface area contributed by atoms with Gasteiger partial charge in [0.2, 0.25) is 5.78 Å². The third kappa shape index (κ3) is 2.72. The van der Waals surface area contributed by atoms with Gasteiger partial charge in [-0.3, -0.25) is 18.5 Å². The number of halogens is 3. The Bertz CT molecular complexity index is 1640. The van der Waals surface area contributed by atoms with Gasteiger partial charge in [0.1, 0.15) is 11.6 Å². The molecule has 0 N–H and O–H groups in total. The van der Waals surface area contributed by atoms with Crippen LogP contribution in [0.15, 0.2) is 52.1 Å². The number of rotatable bonds is 3. The largest absolute Gasteiger partial charge is 0.332 e. The molecule has 0 saturated carbocycles. The van der Waals surface area contributed by atoms with Crippen LogP contribution < -0.4 is 11.2 Å². The summed E-state index contributed by atoms with van der Waals surface area (Å²) >= 11 is 6.25. The summed E-state index contributed by atoms with van der Waals surface area (Å²) in [7, 11) is 2.82. The fourth-order valence-electron chi connectivity index (χ4n) is 3.87. The number of imidazole rings is 1. The first-order valence-corrected chi connectivity index (χ1v) is 9.90. The standard InChI is InChI=1S/C21H15ClF2N6O2/c1-27-18-16(19(31)28(2)21(27)32)29(10-11-6-3-4-8-13(11)23)20-26-25-17(30(18)20)15-12(22)7-5-9-14(15)24/h3-9H,10H2,1-2H3. The van der Waals surface area contributed by atoms with Gasteiger partial charge < -0.3 is 0 Å². The average molecular weight is 457 g/mol. The van der Waals surface area contributed by atoms with Crippen LogP contribution in [0, 0.1) is 11.6 Å². The number of aryl methyl sites for hydroxylation is 1. The molecule has 5 rings (SSSR count). The van der Waals surface area contributed by atoms with E-state index in [2.05, 4.69) is 10.2 Å². The zero-order valence-corrected chi connectivity index (χ0v) is 17.6. The molecule has 0 spiro atoms. The number of fused-ring (bicyclic) bond motifs is 3. The number of aromatic nitrogens is 6. The van der Waals surface area contributed by atoms with Crippen molar-refractivity contribution in [3.8, 4) is 11.4 Å². The molecule has 32 heavy (non-hydrogen) atoms. The summed E-state index contributed by atoms with van der Waals surface area (Å²) < 4.78 is 34.2. The predicted octanol–water partition coefficient (Wildman–Crippen LogP) is 2.73. The van der Waals surface area contributed by atoms with Crippen LogP contribution in [0.2, 0.25) is 5.02 Å². The van der Waals surface area contributed by atoms with E-state index in [4.69, 9.17) is 11.6 Å². The highest BCUT2D eigenvalue weighted by Crippen LogP contribution is 2.32. The fourth-order valence-corrected chi connectivity index (χ4v) is 4.12. The van der Waals surface area contributed by atoms with Crippen LogP contribution in [-0.2, 0) is 20.6 Å². The molecule has 162 valence electrons. The zero-order valence-electron chi connectivity index (χ0n) is 16.9. The molecule has 3 heterocycles. The van der Waals surface area contributed by atoms with Gasteiger partial charge in [-0.2, -0.15) is 0 Å². The second kappa shape index (κ2) is 7.13. The maximum atomic E-state index is 14.7. The van der Waals surface area contributed by atoms with E-state index in [0.717, 1.165) is 4.57 Å². The van der Waals surface area contributed by atoms with E-state index in [0.29, 0.717) is 5.56 Å². The molecule has 5 aromatic rings. The Kier molecular flexibility index (Phi) is 4.48. The summed E-state index contributed by atoms with van der Waals surface area (Å²) in [6.45, 7) is -0.0593. The molecule has 2 aromatic carbocycles. The molecular formula is C21H15ClF2N6O2. The first kappa shape index (κ1) is 20.1. The molecule has 0 amide bonds. The van der Waals surface area contributed by atoms with E-state index in [9.17, 15) is 18.4 Å². The molecule has 0 atom stereocenters. The Morgan fingerprint density at radius 1 is 0.938 bits per heavy atom. The Labute approximate surface area is 183 Å². The molecule has 0 aliphatic rings. The smallest absolute Gasteiger partial charge is 0.298 e. The molecule has 0 fully saturated rings. The quantitative estimate of drug-likeness (QED) is 0.418. The lowest BCUT2D eigenvalue weighted by Crippen LogP contribution is -2.37. The molecule has 0 saturated heterocycles. The van der Waals surface area contributed by atoms with E-state index in [1.165, 1.54) is 51.9 Å². The minimum atomic E-state index is -0.643. The van der Waals surface area contributed by atoms with E-state index >= 15 is 0 Å². The molecule has 0 aliphatic heterocycles. The SMILES string of the molecule is Cn1c(=O)c2c(n(C)c1=O)n1c(-c3c(F)cccc3Cl)nnc1n2Cc1ccccc1F. The highest BCUT2D eigenvalue weighted by molar-refractivity contribution is 6.33. The van der Waals surface area contributed by atoms with Crippen LogP contribution in [0.3, 0.4) is 0 Å². The van der Waals surface area contributed by atoms with Gasteiger partial charge in [0.15, 0.2) is 17.0 Å². The lowest BCUT2D eigenvalue weighted by atomic mass is 10.2. The van der Waals surface area contributed by atoms with Crippen LogP contribution in [0.25, 0.3) is 28.3 Å². The first-order valence-electron chi connectivity index (χ1n) is 9.52. The molecule has 3 aromatic heterocycles. The van der Waals surface area contributed by atoms with E-state index in [1.54, 1.807) is 18.2 Å². The lowest BCUT2D eigenvalue weighted by molar-refractivity contribution is 0.602. The second-order valence-corrected chi connectivity index (χ2v) is 7.72. The van der Waals surface area contributed by atoms with Gasteiger partial charge in [0, 0.05) is 19.7 Å². The number of benzene rings is 2. The van der Waals surface area contributed by atoms with Crippen molar-refractivity contribution < 1.29 is 8.78 Å². The average Bonchev–Trinajstić information content (AvgIpc) is 3.31. The molecule has 0 unspecified atom stereocenters. The van der Waals surface area contributed by atoms with E-state index in [-0.39, 0.29) is 39.9 Å². The third-order valence-corrected chi connectivity index (χ3v) is 5.77. The molecule has 0 radical (unpaired) electrons. The van der Waals surface area contributed by atoms with Crippen molar-refractivity contribution in [2.75, 3.05) is 0 Å². The van der Waals surface area contributed by atoms with Crippen LogP contribution in [-0.4, -0.2) is 28.3 Å². The molecule has 0 bridgehead atoms. The van der Waals surface area contributed by atoms with Gasteiger partial charge in [0.05, 0.1) is 17.1 Å². The number of hydrogen-bond acceptors (Lipinski definition) is 4. The minimum Gasteiger partial charge on any atom is -0.298 e. The van der Waals surface area contributed by atoms with Crippen LogP contribution >= 0.6 is 11.6 Å². The van der Waals surface area contributed by atoms with E-state index in [1.807, 2.05) is 0 Å². The van der Waals surface area contributed by atoms with Crippen LogP contribution in [0.5, 0.6) is 0 Å². The van der Waals surface area contributed by atoms with Gasteiger partial charge in [-0.15, -0.1) is 10.2 Å². The van der Waals surface area contributed by atoms with Gasteiger partial charge >= 0.3 is 5.69 Å². The lowest BCUT2D eigenvalue weighted by Gasteiger charge is -2.08. The summed E-state index contributed by atoms with van der Waals surface area (Å²) in [6, 6.07) is 10.3. The van der Waals surface area contributed by atoms with E-state index < -0.39 is 22.9 Å². The highest BCUT2D eigenvalue weighted by atomic mass is 35.5. The van der Waals surface area contributed by atoms with Gasteiger partial charge in [-0.25, -0.2) is 18.0 Å². The number of hydrogen-bond donors (Lipinski definition) is 0. The summed E-state index contributed by atoms with van der Waals surface area (Å²) in [5, 5.41) is 8.33. The fraction of sp³-hybridized carbons (Fsp3) is 0.143. The van der Waals surface area contributed by atoms with Crippen molar-refractivity contribution >= 4 is 28.5 Å². The second-order valence-electron chi connectivity index (χ2n) is 7.31. The molecule has 8 nitrogen and oxygen atoms in total. The summed E-state index contributed by atoms with van der Waals surface area (Å²) in [6.07, 6.45) is 0. The molecule has 0 aliphatic carbocycles. The maximum Gasteiger partial charge on any atom is 0.332 e. The normalized spacial score (nSPS) is 11.7. The monoisotopic (exact) mass is 456 g/mol. The third-order valence-electron chi connectivity index (χ3n) is 5.45. The summed E-state index contributed by atoms with van der Waals surface area (Å²) in [5.41, 5.74) is -0.682. The Morgan fingerprint density at radius 3 is 2.38 bits per heavy atom. The molecular weight excluding hydrogens is 442 g/mol. The summed E-state index contributed by atoms with van der Waals surface area (Å²) in [4.78, 5) is 25.8. The Hall–Kier alpha value is -3.79. The van der Waals surface area contributed by atoms with Gasteiger partial charge in [-0.05, 0) is 18.2 Å². The predicted molar refractivity (Wildman–Crippen MR) is 115 cm³/mol. The van der Waals surface area contributed by atoms with Gasteiger partial charge in [0.25, 0.3) is 5.56 Å². The summed E-state index contributed by atoms with van der Waals surface area (Å²) in [5.74, 6) is -0.957. The highest BCUT2D eigenvalue weighted by Gasteiger charge is 2.26. The first-order chi connectivity index (χ1) is 15.3. The van der Waals surface area contributed by atoms with Crippen LogP contribution in [0.1, 0.15) is 5.56 Å². The van der Waals surface area contributed by atoms with Crippen molar-refractivity contribution in [2.45, 2.75) is 6.54 Å². The maximum absolute atomic E-state index is 14.7. The molecule has 11 heteroatoms. The Morgan fingerprint density at radius 2 is 1.66 bits per heavy atom. The van der Waals surface area contributed by atoms with Crippen molar-refractivity contribution in [3.63, 3.8) is 0 Å². The minimum absolute atomic E-state index is 0.0173. The van der Waals surface area contributed by atoms with Crippen molar-refractivity contribution in [2.24, 2.45) is 14.1 Å². The van der Waals surface area contributed by atoms with Gasteiger partial charge in [-0.1, -0.05) is 35.9 Å². The van der Waals surface area contributed by atoms with Crippen molar-refractivity contribution in [1.82, 2.24) is 28.3 Å². The topological polar surface area (TPSA) is 79.1 Å². The van der Waals surface area contributed by atoms with Crippen molar-refractivity contribution in [1.29, 1.82) is 0 Å². The number of nitrogens with zero attached hydrogens (tertiary/aromatic N) is 6. The Balaban J connectivity index is 1.97.